The van der Waals surface area contributed by atoms with Gasteiger partial charge in [-0.3, -0.25) is 0 Å². The highest BCUT2D eigenvalue weighted by molar-refractivity contribution is 5.20. The van der Waals surface area contributed by atoms with Crippen molar-refractivity contribution in [1.29, 1.82) is 0 Å². The third-order valence-electron chi connectivity index (χ3n) is 2.57. The van der Waals surface area contributed by atoms with Crippen molar-refractivity contribution in [3.8, 4) is 0 Å². The van der Waals surface area contributed by atoms with Crippen LogP contribution in [0.25, 0.3) is 0 Å². The van der Waals surface area contributed by atoms with Crippen molar-refractivity contribution >= 4 is 0 Å². The van der Waals surface area contributed by atoms with E-state index in [2.05, 4.69) is 40.7 Å². The topological polar surface area (TPSA) is 49.8 Å². The first-order chi connectivity index (χ1) is 7.67. The minimum atomic E-state index is 0.461. The zero-order chi connectivity index (χ0) is 12.0. The second kappa shape index (κ2) is 6.55. The summed E-state index contributed by atoms with van der Waals surface area (Å²) in [6, 6.07) is 2.58. The first-order valence-electron chi connectivity index (χ1n) is 5.87. The molecule has 0 bridgehead atoms. The van der Waals surface area contributed by atoms with Gasteiger partial charge in [0.2, 0.25) is 0 Å². The summed E-state index contributed by atoms with van der Waals surface area (Å²) in [4.78, 5) is 0. The summed E-state index contributed by atoms with van der Waals surface area (Å²) >= 11 is 0. The molecule has 0 aliphatic heterocycles. The van der Waals surface area contributed by atoms with Gasteiger partial charge in [-0.2, -0.15) is 10.2 Å². The van der Waals surface area contributed by atoms with Crippen LogP contribution in [0, 0.1) is 6.92 Å². The number of hydrogen-bond donors (Lipinski definition) is 2. The van der Waals surface area contributed by atoms with Crippen molar-refractivity contribution in [2.45, 2.75) is 39.8 Å². The van der Waals surface area contributed by atoms with Crippen molar-refractivity contribution in [2.24, 2.45) is 0 Å². The molecule has 1 aromatic heterocycles. The Kier molecular flexibility index (Phi) is 5.35. The standard InChI is InChI=1S/C12H22N4/c1-5-12-11(6-9(2)15-16-12)8-14-10(3)7-13-4/h6,10,13-14H,5,7-8H2,1-4H3. The van der Waals surface area contributed by atoms with Gasteiger partial charge < -0.3 is 10.6 Å². The van der Waals surface area contributed by atoms with Gasteiger partial charge in [0.15, 0.2) is 0 Å². The molecule has 0 aromatic carbocycles. The fraction of sp³-hybridized carbons (Fsp3) is 0.667. The number of nitrogens with one attached hydrogen (secondary N) is 2. The van der Waals surface area contributed by atoms with Crippen molar-refractivity contribution < 1.29 is 0 Å². The summed E-state index contributed by atoms with van der Waals surface area (Å²) in [6.07, 6.45) is 0.935. The Balaban J connectivity index is 2.61. The molecule has 0 aliphatic rings. The molecule has 1 unspecified atom stereocenters. The maximum atomic E-state index is 4.22. The highest BCUT2D eigenvalue weighted by Crippen LogP contribution is 2.07. The Morgan fingerprint density at radius 1 is 1.38 bits per heavy atom. The lowest BCUT2D eigenvalue weighted by Gasteiger charge is -2.14. The van der Waals surface area contributed by atoms with Crippen LogP contribution >= 0.6 is 0 Å². The normalized spacial score (nSPS) is 12.8. The van der Waals surface area contributed by atoms with Crippen LogP contribution in [0.15, 0.2) is 6.07 Å². The molecule has 0 radical (unpaired) electrons. The van der Waals surface area contributed by atoms with Gasteiger partial charge in [0, 0.05) is 19.1 Å². The van der Waals surface area contributed by atoms with Crippen LogP contribution in [0.3, 0.4) is 0 Å². The number of aromatic nitrogens is 2. The van der Waals surface area contributed by atoms with Crippen LogP contribution in [0.2, 0.25) is 0 Å². The van der Waals surface area contributed by atoms with Gasteiger partial charge in [-0.05, 0) is 38.9 Å². The number of nitrogens with zero attached hydrogens (tertiary/aromatic N) is 2. The van der Waals surface area contributed by atoms with E-state index >= 15 is 0 Å². The molecule has 4 heteroatoms. The SMILES string of the molecule is CCc1nnc(C)cc1CNC(C)CNC. The van der Waals surface area contributed by atoms with Crippen LogP contribution in [-0.4, -0.2) is 29.8 Å². The molecule has 0 spiro atoms. The monoisotopic (exact) mass is 222 g/mol. The zero-order valence-electron chi connectivity index (χ0n) is 10.7. The predicted octanol–water partition coefficient (Wildman–Crippen LogP) is 1.04. The van der Waals surface area contributed by atoms with Gasteiger partial charge in [-0.15, -0.1) is 0 Å². The van der Waals surface area contributed by atoms with Crippen LogP contribution < -0.4 is 10.6 Å². The molecule has 2 N–H and O–H groups in total. The molecular weight excluding hydrogens is 200 g/mol. The Bertz CT molecular complexity index is 325. The summed E-state index contributed by atoms with van der Waals surface area (Å²) in [7, 11) is 1.97. The van der Waals surface area contributed by atoms with E-state index in [4.69, 9.17) is 0 Å². The molecular formula is C12H22N4. The lowest BCUT2D eigenvalue weighted by molar-refractivity contribution is 0.520. The van der Waals surface area contributed by atoms with E-state index in [9.17, 15) is 0 Å². The summed E-state index contributed by atoms with van der Waals surface area (Å²) < 4.78 is 0. The van der Waals surface area contributed by atoms with Crippen LogP contribution in [0.4, 0.5) is 0 Å². The van der Waals surface area contributed by atoms with E-state index in [1.807, 2.05) is 14.0 Å². The Hall–Kier alpha value is -1.00. The number of likely N-dealkylation sites (N-methyl/N-ethyl adjacent to an activating group) is 1. The second-order valence-electron chi connectivity index (χ2n) is 4.15. The fourth-order valence-corrected chi connectivity index (χ4v) is 1.68. The van der Waals surface area contributed by atoms with Crippen molar-refractivity contribution in [3.63, 3.8) is 0 Å². The maximum Gasteiger partial charge on any atom is 0.0673 e. The first-order valence-corrected chi connectivity index (χ1v) is 5.87. The van der Waals surface area contributed by atoms with Gasteiger partial charge in [-0.1, -0.05) is 6.92 Å². The highest BCUT2D eigenvalue weighted by Gasteiger charge is 2.05. The van der Waals surface area contributed by atoms with Crippen LogP contribution in [0.5, 0.6) is 0 Å². The van der Waals surface area contributed by atoms with Gasteiger partial charge in [0.1, 0.15) is 0 Å². The van der Waals surface area contributed by atoms with Crippen LogP contribution in [-0.2, 0) is 13.0 Å². The molecule has 1 atom stereocenters. The molecule has 0 amide bonds. The maximum absolute atomic E-state index is 4.22. The lowest BCUT2D eigenvalue weighted by Crippen LogP contribution is -2.34. The lowest BCUT2D eigenvalue weighted by atomic mass is 10.1. The van der Waals surface area contributed by atoms with Crippen molar-refractivity contribution in [1.82, 2.24) is 20.8 Å². The quantitative estimate of drug-likeness (QED) is 0.755. The summed E-state index contributed by atoms with van der Waals surface area (Å²) in [5.74, 6) is 0. The van der Waals surface area contributed by atoms with Crippen LogP contribution in [0.1, 0.15) is 30.8 Å². The molecule has 16 heavy (non-hydrogen) atoms. The number of rotatable bonds is 6. The van der Waals surface area contributed by atoms with Gasteiger partial charge in [0.25, 0.3) is 0 Å². The number of hydrogen-bond acceptors (Lipinski definition) is 4. The largest absolute Gasteiger partial charge is 0.318 e. The Morgan fingerprint density at radius 3 is 2.75 bits per heavy atom. The predicted molar refractivity (Wildman–Crippen MR) is 66.4 cm³/mol. The van der Waals surface area contributed by atoms with E-state index in [0.29, 0.717) is 6.04 Å². The van der Waals surface area contributed by atoms with Gasteiger partial charge >= 0.3 is 0 Å². The zero-order valence-corrected chi connectivity index (χ0v) is 10.7. The minimum Gasteiger partial charge on any atom is -0.318 e. The summed E-state index contributed by atoms with van der Waals surface area (Å²) in [5.41, 5.74) is 3.34. The molecule has 1 rings (SSSR count). The van der Waals surface area contributed by atoms with E-state index < -0.39 is 0 Å². The smallest absolute Gasteiger partial charge is 0.0673 e. The molecule has 0 saturated heterocycles. The Morgan fingerprint density at radius 2 is 2.12 bits per heavy atom. The van der Waals surface area contributed by atoms with Gasteiger partial charge in [0.05, 0.1) is 11.4 Å². The van der Waals surface area contributed by atoms with E-state index in [1.165, 1.54) is 5.56 Å². The fourth-order valence-electron chi connectivity index (χ4n) is 1.68. The van der Waals surface area contributed by atoms with Crippen molar-refractivity contribution in [3.05, 3.63) is 23.0 Å². The Labute approximate surface area is 97.9 Å². The summed E-state index contributed by atoms with van der Waals surface area (Å²) in [6.45, 7) is 8.10. The van der Waals surface area contributed by atoms with Crippen molar-refractivity contribution in [2.75, 3.05) is 13.6 Å². The first kappa shape index (κ1) is 13.1. The molecule has 0 saturated carbocycles. The molecule has 0 aliphatic carbocycles. The molecule has 1 heterocycles. The molecule has 4 nitrogen and oxygen atoms in total. The van der Waals surface area contributed by atoms with E-state index in [1.54, 1.807) is 0 Å². The number of aryl methyl sites for hydroxylation is 2. The highest BCUT2D eigenvalue weighted by atomic mass is 15.1. The van der Waals surface area contributed by atoms with Gasteiger partial charge in [-0.25, -0.2) is 0 Å². The third kappa shape index (κ3) is 3.87. The second-order valence-corrected chi connectivity index (χ2v) is 4.15. The van der Waals surface area contributed by atoms with E-state index in [0.717, 1.165) is 30.9 Å². The average Bonchev–Trinajstić information content (AvgIpc) is 2.27. The minimum absolute atomic E-state index is 0.461. The molecule has 1 aromatic rings. The van der Waals surface area contributed by atoms with E-state index in [-0.39, 0.29) is 0 Å². The molecule has 0 fully saturated rings. The average molecular weight is 222 g/mol. The summed E-state index contributed by atoms with van der Waals surface area (Å²) in [5, 5.41) is 14.9. The third-order valence-corrected chi connectivity index (χ3v) is 2.57. The molecule has 90 valence electrons.